The molecule has 11 nitrogen and oxygen atoms in total. The Morgan fingerprint density at radius 1 is 0.815 bits per heavy atom. The molecule has 17 aliphatic rings. The van der Waals surface area contributed by atoms with Crippen molar-refractivity contribution in [3.05, 3.63) is 70.8 Å². The fourth-order valence-electron chi connectivity index (χ4n) is 23.3. The SMILES string of the molecule is CC(=O)O[C@]12C[C@@H]3CC[C@@H]1Cc1cc(c(O)c4c1[C@@H]1C=C[C@]5(CCC[C@H]5C1)O4)CN1C[C@]4(CC1=O)[C@H](CC[C@@H]4c1ccccc1)CN=C(N)N[C@@]1(CCCC14CCCC4)SSC[C@H]1CC[C@H](C[C@@]14CCC[C@@]41CCC[C@@H]1O)[C@@H]3[C@H](O)C2. The summed E-state index contributed by atoms with van der Waals surface area (Å²) >= 11 is 0. The van der Waals surface area contributed by atoms with Crippen LogP contribution in [0, 0.1) is 63.1 Å². The maximum atomic E-state index is 15.1. The first kappa shape index (κ1) is 54.3. The minimum absolute atomic E-state index is 0.0157. The molecule has 6 N–H and O–H groups in total. The predicted molar refractivity (Wildman–Crippen MR) is 319 cm³/mol. The maximum Gasteiger partial charge on any atom is 0.303 e. The van der Waals surface area contributed by atoms with Crippen LogP contribution in [0.4, 0.5) is 0 Å². The van der Waals surface area contributed by atoms with Crippen LogP contribution in [-0.2, 0) is 27.3 Å². The van der Waals surface area contributed by atoms with Crippen molar-refractivity contribution in [2.24, 2.45) is 73.8 Å². The molecule has 2 aromatic carbocycles. The molecule has 2 aromatic rings. The molecule has 7 aliphatic heterocycles. The number of aliphatic hydroxyl groups excluding tert-OH is 2. The number of carbonyl (C=O) groups excluding carboxylic acids is 2. The number of nitrogens with two attached hydrogens (primary N) is 1. The van der Waals surface area contributed by atoms with E-state index in [0.717, 1.165) is 138 Å². The normalized spacial score (nSPS) is 44.9. The number of hydrogen-bond acceptors (Lipinski definition) is 12. The summed E-state index contributed by atoms with van der Waals surface area (Å²) in [5.74, 6) is 4.03. The van der Waals surface area contributed by atoms with Crippen molar-refractivity contribution < 1.29 is 34.4 Å². The van der Waals surface area contributed by atoms with Gasteiger partial charge in [-0.15, -0.1) is 0 Å². The summed E-state index contributed by atoms with van der Waals surface area (Å²) < 4.78 is 14.1. The number of aromatic hydroxyl groups is 1. The molecule has 438 valence electrons. The van der Waals surface area contributed by atoms with Gasteiger partial charge in [-0.3, -0.25) is 14.6 Å². The molecule has 81 heavy (non-hydrogen) atoms. The number of esters is 1. The molecule has 0 aromatic heterocycles. The van der Waals surface area contributed by atoms with E-state index in [4.69, 9.17) is 20.2 Å². The van der Waals surface area contributed by atoms with Crippen LogP contribution in [-0.4, -0.2) is 85.2 Å². The van der Waals surface area contributed by atoms with E-state index in [0.29, 0.717) is 61.8 Å². The minimum atomic E-state index is -0.831. The van der Waals surface area contributed by atoms with E-state index in [-0.39, 0.29) is 92.3 Å². The Kier molecular flexibility index (Phi) is 13.5. The number of nitrogens with zero attached hydrogens (tertiary/aromatic N) is 2. The van der Waals surface area contributed by atoms with Gasteiger partial charge in [0.05, 0.1) is 12.2 Å². The molecule has 9 saturated carbocycles. The van der Waals surface area contributed by atoms with Gasteiger partial charge >= 0.3 is 5.97 Å². The molecule has 13 heteroatoms. The van der Waals surface area contributed by atoms with Crippen LogP contribution in [0.2, 0.25) is 0 Å². The number of rotatable bonds is 2. The van der Waals surface area contributed by atoms with Crippen LogP contribution < -0.4 is 15.8 Å². The number of phenolic OH excluding ortho intramolecular Hbond substituents is 1. The minimum Gasteiger partial charge on any atom is -0.504 e. The topological polar surface area (TPSA) is 167 Å². The molecule has 1 saturated heterocycles. The number of hydrogen-bond donors (Lipinski definition) is 5. The Bertz CT molecular complexity index is 2850. The van der Waals surface area contributed by atoms with E-state index >= 15 is 4.79 Å². The van der Waals surface area contributed by atoms with Gasteiger partial charge in [0, 0.05) is 90.3 Å². The highest BCUT2D eigenvalue weighted by Gasteiger charge is 2.67. The zero-order valence-electron chi connectivity index (χ0n) is 48.4. The van der Waals surface area contributed by atoms with Crippen LogP contribution in [0.1, 0.15) is 214 Å². The average molecular weight is 1140 g/mol. The number of aliphatic hydroxyl groups is 2. The first-order chi connectivity index (χ1) is 39.2. The zero-order chi connectivity index (χ0) is 55.2. The third-order valence-electron chi connectivity index (χ3n) is 26.6. The van der Waals surface area contributed by atoms with Crippen molar-refractivity contribution in [1.82, 2.24) is 10.2 Å². The van der Waals surface area contributed by atoms with E-state index < -0.39 is 17.3 Å². The molecule has 19 rings (SSSR count). The zero-order valence-corrected chi connectivity index (χ0v) is 50.0. The summed E-state index contributed by atoms with van der Waals surface area (Å²) in [6.45, 7) is 2.96. The van der Waals surface area contributed by atoms with E-state index in [1.807, 2.05) is 4.90 Å². The molecule has 0 radical (unpaired) electrons. The number of amides is 1. The number of guanidine groups is 1. The lowest BCUT2D eigenvalue weighted by Crippen LogP contribution is -2.59. The largest absolute Gasteiger partial charge is 0.504 e. The fraction of sp³-hybridized carbons (Fsp3) is 0.750. The predicted octanol–water partition coefficient (Wildman–Crippen LogP) is 12.8. The molecule has 1 amide bonds. The van der Waals surface area contributed by atoms with E-state index in [1.165, 1.54) is 50.5 Å². The van der Waals surface area contributed by atoms with E-state index in [2.05, 4.69) is 75.5 Å². The Hall–Kier alpha value is -3.39. The Morgan fingerprint density at radius 3 is 2.38 bits per heavy atom. The van der Waals surface area contributed by atoms with Gasteiger partial charge in [-0.25, -0.2) is 0 Å². The molecule has 7 heterocycles. The van der Waals surface area contributed by atoms with Gasteiger partial charge < -0.3 is 40.7 Å². The number of nitrogens with one attached hydrogen (secondary N) is 1. The summed E-state index contributed by atoms with van der Waals surface area (Å²) in [5.41, 5.74) is 9.92. The van der Waals surface area contributed by atoms with Gasteiger partial charge in [-0.2, -0.15) is 0 Å². The van der Waals surface area contributed by atoms with Crippen LogP contribution in [0.3, 0.4) is 0 Å². The first-order valence-electron chi connectivity index (χ1n) is 32.8. The van der Waals surface area contributed by atoms with Gasteiger partial charge in [0.15, 0.2) is 17.5 Å². The lowest BCUT2D eigenvalue weighted by molar-refractivity contribution is -0.203. The van der Waals surface area contributed by atoms with Gasteiger partial charge in [0.1, 0.15) is 16.1 Å². The van der Waals surface area contributed by atoms with E-state index in [9.17, 15) is 20.1 Å². The van der Waals surface area contributed by atoms with E-state index in [1.54, 1.807) is 6.92 Å². The second-order valence-corrected chi connectivity index (χ2v) is 32.3. The Balaban J connectivity index is 0.846. The van der Waals surface area contributed by atoms with Crippen molar-refractivity contribution in [3.8, 4) is 11.5 Å². The van der Waals surface area contributed by atoms with Crippen molar-refractivity contribution in [2.75, 3.05) is 18.8 Å². The number of carbonyl (C=O) groups is 2. The molecule has 10 aliphatic carbocycles. The molecule has 12 bridgehead atoms. The lowest BCUT2D eigenvalue weighted by atomic mass is 9.47. The van der Waals surface area contributed by atoms with Gasteiger partial charge in [0.2, 0.25) is 5.91 Å². The summed E-state index contributed by atoms with van der Waals surface area (Å²) in [6.07, 6.45) is 32.1. The fourth-order valence-corrected chi connectivity index (χ4v) is 27.2. The van der Waals surface area contributed by atoms with Crippen LogP contribution in [0.25, 0.3) is 0 Å². The second-order valence-electron chi connectivity index (χ2n) is 29.7. The van der Waals surface area contributed by atoms with Gasteiger partial charge in [0.25, 0.3) is 0 Å². The quantitative estimate of drug-likeness (QED) is 0.110. The monoisotopic (exact) mass is 1140 g/mol. The van der Waals surface area contributed by atoms with Crippen LogP contribution >= 0.6 is 21.6 Å². The summed E-state index contributed by atoms with van der Waals surface area (Å²) in [4.78, 5) is 35.9. The molecule has 0 unspecified atom stereocenters. The lowest BCUT2D eigenvalue weighted by Gasteiger charge is -2.60. The number of ether oxygens (including phenoxy) is 2. The highest BCUT2D eigenvalue weighted by molar-refractivity contribution is 8.77. The summed E-state index contributed by atoms with van der Waals surface area (Å²) in [7, 11) is 4.18. The molecule has 10 fully saturated rings. The standard InChI is InChI=1S/C68H92N4O7S2/c1-42(73)78-67-35-46-15-17-50(67)33-47-31-48(59(77)60-58(47)44-21-30-66(79-60)28-7-13-49(66)32-44)39-72-41-63(37-56(72)76)51(19-20-53(63)43-11-3-2-4-12-43)38-70-61(69)71-68(29-9-24-62(68)22-5-6-23-62)81-80-40-52-18-16-45(57(46)54(74)36-67)34-65(52)27-10-26-64(65)25-8-14-55(64)75/h2-4,11-12,21,30-31,44-46,49-55,57,74-75,77H,5-10,13-20,22-29,32-41H2,1H3,(H3,69,70,71)/t44-,45-,46+,49+,50-,51-,52-,53-,54-,55+,57+,63-,64-,65+,66+,67+,68+/m1/s1. The number of benzene rings is 2. The van der Waals surface area contributed by atoms with Gasteiger partial charge in [-0.1, -0.05) is 83.7 Å². The van der Waals surface area contributed by atoms with Crippen molar-refractivity contribution in [1.29, 1.82) is 0 Å². The summed E-state index contributed by atoms with van der Waals surface area (Å²) in [6, 6.07) is 13.1. The third kappa shape index (κ3) is 8.30. The smallest absolute Gasteiger partial charge is 0.303 e. The molecule has 6 spiro atoms. The Morgan fingerprint density at radius 2 is 1.57 bits per heavy atom. The number of aliphatic imine (C=N–C) groups is 1. The van der Waals surface area contributed by atoms with Crippen molar-refractivity contribution in [3.63, 3.8) is 0 Å². The van der Waals surface area contributed by atoms with Crippen LogP contribution in [0.15, 0.2) is 53.5 Å². The maximum absolute atomic E-state index is 15.1. The second kappa shape index (κ2) is 20.1. The average Bonchev–Trinajstić information content (AvgIpc) is 4.50. The Labute approximate surface area is 489 Å². The van der Waals surface area contributed by atoms with Crippen molar-refractivity contribution >= 4 is 39.4 Å². The van der Waals surface area contributed by atoms with Gasteiger partial charge in [-0.05, 0) is 205 Å². The number of allylic oxidation sites excluding steroid dienone is 1. The first-order valence-corrected chi connectivity index (χ1v) is 35.1. The molecule has 17 atom stereocenters. The third-order valence-corrected chi connectivity index (χ3v) is 29.9. The summed E-state index contributed by atoms with van der Waals surface area (Å²) in [5, 5.41) is 42.3. The van der Waals surface area contributed by atoms with Crippen LogP contribution in [0.5, 0.6) is 11.5 Å². The highest BCUT2D eigenvalue weighted by Crippen LogP contribution is 2.72. The highest BCUT2D eigenvalue weighted by atomic mass is 33.1. The number of phenols is 1. The van der Waals surface area contributed by atoms with Crippen molar-refractivity contribution in [2.45, 2.75) is 233 Å². The molecular formula is C68H92N4O7S2. The molecular weight excluding hydrogens is 1050 g/mol.